The molecule has 0 aliphatic carbocycles. The predicted molar refractivity (Wildman–Crippen MR) is 75.1 cm³/mol. The summed E-state index contributed by atoms with van der Waals surface area (Å²) in [5, 5.41) is 2.98. The summed E-state index contributed by atoms with van der Waals surface area (Å²) in [7, 11) is -3.21. The minimum Gasteiger partial charge on any atom is -0.379 e. The Kier molecular flexibility index (Phi) is 3.85. The molecule has 1 aromatic heterocycles. The second-order valence-corrected chi connectivity index (χ2v) is 8.31. The highest BCUT2D eigenvalue weighted by Gasteiger charge is 2.49. The van der Waals surface area contributed by atoms with Gasteiger partial charge in [0.1, 0.15) is 0 Å². The van der Waals surface area contributed by atoms with Gasteiger partial charge < -0.3 is 9.47 Å². The molecule has 3 heterocycles. The second-order valence-electron chi connectivity index (χ2n) is 5.31. The summed E-state index contributed by atoms with van der Waals surface area (Å²) in [4.78, 5) is 4.36. The van der Waals surface area contributed by atoms with Crippen LogP contribution >= 0.6 is 11.3 Å². The van der Waals surface area contributed by atoms with Crippen molar-refractivity contribution in [2.45, 2.75) is 25.7 Å². The van der Waals surface area contributed by atoms with Crippen LogP contribution in [-0.4, -0.2) is 55.9 Å². The van der Waals surface area contributed by atoms with Crippen LogP contribution < -0.4 is 0 Å². The second kappa shape index (κ2) is 5.34. The van der Waals surface area contributed by atoms with Crippen molar-refractivity contribution in [3.05, 3.63) is 16.1 Å². The minimum atomic E-state index is -3.21. The average Bonchev–Trinajstić information content (AvgIpc) is 3.00. The van der Waals surface area contributed by atoms with Gasteiger partial charge in [0, 0.05) is 17.8 Å². The highest BCUT2D eigenvalue weighted by molar-refractivity contribution is 7.88. The number of aryl methyl sites for hydroxylation is 1. The third-order valence-electron chi connectivity index (χ3n) is 3.84. The van der Waals surface area contributed by atoms with Crippen molar-refractivity contribution in [3.8, 4) is 0 Å². The average molecular weight is 318 g/mol. The maximum Gasteiger partial charge on any atom is 0.211 e. The normalized spacial score (nSPS) is 30.8. The third kappa shape index (κ3) is 2.75. The van der Waals surface area contributed by atoms with Crippen molar-refractivity contribution in [2.75, 3.05) is 26.0 Å². The summed E-state index contributed by atoms with van der Waals surface area (Å²) in [6.07, 6.45) is 1.13. The highest BCUT2D eigenvalue weighted by Crippen LogP contribution is 2.34. The summed E-state index contributed by atoms with van der Waals surface area (Å²) in [6, 6.07) is -0.0767. The van der Waals surface area contributed by atoms with Gasteiger partial charge in [-0.15, -0.1) is 11.3 Å². The van der Waals surface area contributed by atoms with E-state index in [9.17, 15) is 8.42 Å². The van der Waals surface area contributed by atoms with Gasteiger partial charge in [0.2, 0.25) is 10.0 Å². The van der Waals surface area contributed by atoms with Crippen LogP contribution in [0.3, 0.4) is 0 Å². The molecule has 2 fully saturated rings. The molecule has 2 saturated heterocycles. The lowest BCUT2D eigenvalue weighted by molar-refractivity contribution is 0.0114. The smallest absolute Gasteiger partial charge is 0.211 e. The summed E-state index contributed by atoms with van der Waals surface area (Å²) >= 11 is 1.59. The minimum absolute atomic E-state index is 0.0767. The van der Waals surface area contributed by atoms with Crippen molar-refractivity contribution in [3.63, 3.8) is 0 Å². The number of aromatic nitrogens is 1. The first-order chi connectivity index (χ1) is 9.45. The zero-order valence-electron chi connectivity index (χ0n) is 11.5. The van der Waals surface area contributed by atoms with E-state index in [4.69, 9.17) is 9.47 Å². The van der Waals surface area contributed by atoms with Crippen LogP contribution in [0.25, 0.3) is 0 Å². The van der Waals surface area contributed by atoms with Gasteiger partial charge in [0.05, 0.1) is 48.9 Å². The van der Waals surface area contributed by atoms with E-state index in [1.54, 1.807) is 11.3 Å². The van der Waals surface area contributed by atoms with Crippen molar-refractivity contribution in [2.24, 2.45) is 5.92 Å². The fourth-order valence-electron chi connectivity index (χ4n) is 2.88. The lowest BCUT2D eigenvalue weighted by Gasteiger charge is -2.18. The molecule has 6 nitrogen and oxygen atoms in total. The predicted octanol–water partition coefficient (Wildman–Crippen LogP) is 0.627. The van der Waals surface area contributed by atoms with Crippen molar-refractivity contribution < 1.29 is 17.9 Å². The first kappa shape index (κ1) is 14.4. The Bertz CT molecular complexity index is 586. The summed E-state index contributed by atoms with van der Waals surface area (Å²) < 4.78 is 36.4. The third-order valence-corrected chi connectivity index (χ3v) is 5.93. The van der Waals surface area contributed by atoms with E-state index < -0.39 is 10.0 Å². The van der Waals surface area contributed by atoms with E-state index in [0.717, 1.165) is 10.7 Å². The molecule has 0 unspecified atom stereocenters. The quantitative estimate of drug-likeness (QED) is 0.814. The van der Waals surface area contributed by atoms with E-state index in [1.807, 2.05) is 12.3 Å². The Morgan fingerprint density at radius 2 is 2.35 bits per heavy atom. The fourth-order valence-corrected chi connectivity index (χ4v) is 4.61. The SMILES string of the molecule is Cc1nc(CO[C@H]2CN(S(C)(=O)=O)[C@H]3COC[C@@H]23)cs1. The summed E-state index contributed by atoms with van der Waals surface area (Å²) in [6.45, 7) is 3.83. The molecule has 112 valence electrons. The van der Waals surface area contributed by atoms with Crippen LogP contribution in [0.5, 0.6) is 0 Å². The molecule has 8 heteroatoms. The molecule has 20 heavy (non-hydrogen) atoms. The Morgan fingerprint density at radius 3 is 3.00 bits per heavy atom. The Morgan fingerprint density at radius 1 is 1.55 bits per heavy atom. The molecule has 0 spiro atoms. The lowest BCUT2D eigenvalue weighted by atomic mass is 10.0. The largest absolute Gasteiger partial charge is 0.379 e. The van der Waals surface area contributed by atoms with Crippen LogP contribution in [0.2, 0.25) is 0 Å². The van der Waals surface area contributed by atoms with Crippen LogP contribution in [0, 0.1) is 12.8 Å². The molecule has 0 radical (unpaired) electrons. The number of hydrogen-bond donors (Lipinski definition) is 0. The molecule has 2 aliphatic heterocycles. The maximum absolute atomic E-state index is 11.8. The molecular weight excluding hydrogens is 300 g/mol. The number of sulfonamides is 1. The first-order valence-corrected chi connectivity index (χ1v) is 9.25. The number of hydrogen-bond acceptors (Lipinski definition) is 6. The number of nitrogens with zero attached hydrogens (tertiary/aromatic N) is 2. The molecule has 0 N–H and O–H groups in total. The molecule has 0 aromatic carbocycles. The zero-order chi connectivity index (χ0) is 14.3. The lowest BCUT2D eigenvalue weighted by Crippen LogP contribution is -2.37. The standard InChI is InChI=1S/C12H18N2O4S2/c1-8-13-9(7-19-8)4-18-12-3-14(20(2,15)16)11-6-17-5-10(11)12/h7,10-12H,3-6H2,1-2H3/t10-,11+,12+/m1/s1. The van der Waals surface area contributed by atoms with E-state index >= 15 is 0 Å². The van der Waals surface area contributed by atoms with E-state index in [-0.39, 0.29) is 18.1 Å². The maximum atomic E-state index is 11.8. The molecule has 0 saturated carbocycles. The fraction of sp³-hybridized carbons (Fsp3) is 0.750. The molecule has 0 amide bonds. The van der Waals surface area contributed by atoms with E-state index in [2.05, 4.69) is 4.98 Å². The van der Waals surface area contributed by atoms with Gasteiger partial charge in [0.25, 0.3) is 0 Å². The van der Waals surface area contributed by atoms with Gasteiger partial charge in [-0.05, 0) is 6.92 Å². The number of fused-ring (bicyclic) bond motifs is 1. The van der Waals surface area contributed by atoms with E-state index in [0.29, 0.717) is 26.4 Å². The highest BCUT2D eigenvalue weighted by atomic mass is 32.2. The van der Waals surface area contributed by atoms with Crippen molar-refractivity contribution >= 4 is 21.4 Å². The van der Waals surface area contributed by atoms with Crippen molar-refractivity contribution in [1.82, 2.24) is 9.29 Å². The Hall–Kier alpha value is -0.540. The van der Waals surface area contributed by atoms with Crippen LogP contribution in [-0.2, 0) is 26.1 Å². The molecule has 2 aliphatic rings. The van der Waals surface area contributed by atoms with Gasteiger partial charge in [-0.2, -0.15) is 4.31 Å². The Balaban J connectivity index is 1.68. The number of rotatable bonds is 4. The molecule has 3 rings (SSSR count). The molecule has 3 atom stereocenters. The van der Waals surface area contributed by atoms with Gasteiger partial charge in [0.15, 0.2) is 0 Å². The van der Waals surface area contributed by atoms with Gasteiger partial charge in [-0.25, -0.2) is 13.4 Å². The first-order valence-electron chi connectivity index (χ1n) is 6.52. The molecular formula is C12H18N2O4S2. The van der Waals surface area contributed by atoms with Gasteiger partial charge in [-0.3, -0.25) is 0 Å². The van der Waals surface area contributed by atoms with E-state index in [1.165, 1.54) is 10.6 Å². The molecule has 1 aromatic rings. The van der Waals surface area contributed by atoms with Gasteiger partial charge >= 0.3 is 0 Å². The zero-order valence-corrected chi connectivity index (χ0v) is 13.1. The van der Waals surface area contributed by atoms with Crippen LogP contribution in [0.1, 0.15) is 10.7 Å². The molecule has 0 bridgehead atoms. The monoisotopic (exact) mass is 318 g/mol. The topological polar surface area (TPSA) is 68.7 Å². The summed E-state index contributed by atoms with van der Waals surface area (Å²) in [5.41, 5.74) is 0.903. The summed E-state index contributed by atoms with van der Waals surface area (Å²) in [5.74, 6) is 0.129. The van der Waals surface area contributed by atoms with Crippen LogP contribution in [0.4, 0.5) is 0 Å². The van der Waals surface area contributed by atoms with Gasteiger partial charge in [-0.1, -0.05) is 0 Å². The number of thiazole rings is 1. The van der Waals surface area contributed by atoms with Crippen LogP contribution in [0.15, 0.2) is 5.38 Å². The Labute approximate surface area is 122 Å². The number of ether oxygens (including phenoxy) is 2. The van der Waals surface area contributed by atoms with Crippen molar-refractivity contribution in [1.29, 1.82) is 0 Å².